The Morgan fingerprint density at radius 1 is 1.42 bits per heavy atom. The van der Waals surface area contributed by atoms with Crippen LogP contribution in [0.2, 0.25) is 0 Å². The van der Waals surface area contributed by atoms with E-state index in [9.17, 15) is 10.1 Å². The summed E-state index contributed by atoms with van der Waals surface area (Å²) in [5.41, 5.74) is 0.731. The minimum atomic E-state index is -0.354. The predicted octanol–water partition coefficient (Wildman–Crippen LogP) is 3.68. The lowest BCUT2D eigenvalue weighted by atomic mass is 9.84. The maximum Gasteiger partial charge on any atom is 0.277 e. The second kappa shape index (κ2) is 5.99. The van der Waals surface area contributed by atoms with Gasteiger partial charge < -0.3 is 5.32 Å². The van der Waals surface area contributed by atoms with E-state index in [2.05, 4.69) is 17.2 Å². The van der Waals surface area contributed by atoms with Crippen LogP contribution in [0.1, 0.15) is 44.6 Å². The molecule has 5 heteroatoms. The van der Waals surface area contributed by atoms with Gasteiger partial charge in [-0.25, -0.2) is 4.98 Å². The highest BCUT2D eigenvalue weighted by atomic mass is 16.6. The molecule has 1 aliphatic carbocycles. The summed E-state index contributed by atoms with van der Waals surface area (Å²) in [6.45, 7) is 3.85. The molecule has 0 aromatic carbocycles. The maximum atomic E-state index is 10.9. The molecule has 5 nitrogen and oxygen atoms in total. The monoisotopic (exact) mass is 263 g/mol. The standard InChI is InChI=1S/C14H21N3O2/c1-10-9-15-14(8-13(10)17(18)19)16-11(2)12-6-4-3-5-7-12/h8-9,11-12H,3-7H2,1-2H3,(H,15,16). The number of nitrogens with zero attached hydrogens (tertiary/aromatic N) is 2. The first-order valence-corrected chi connectivity index (χ1v) is 6.95. The van der Waals surface area contributed by atoms with Gasteiger partial charge in [-0.2, -0.15) is 0 Å². The van der Waals surface area contributed by atoms with Crippen molar-refractivity contribution in [2.75, 3.05) is 5.32 Å². The molecular weight excluding hydrogens is 242 g/mol. The molecule has 1 aromatic rings. The Bertz CT molecular complexity index is 456. The van der Waals surface area contributed by atoms with Gasteiger partial charge in [0.05, 0.1) is 11.0 Å². The van der Waals surface area contributed by atoms with Crippen LogP contribution in [-0.4, -0.2) is 15.9 Å². The van der Waals surface area contributed by atoms with Gasteiger partial charge in [0.15, 0.2) is 0 Å². The molecular formula is C14H21N3O2. The third-order valence-electron chi connectivity index (χ3n) is 4.00. The highest BCUT2D eigenvalue weighted by molar-refractivity contribution is 5.49. The number of anilines is 1. The Morgan fingerprint density at radius 2 is 2.11 bits per heavy atom. The van der Waals surface area contributed by atoms with Crippen LogP contribution in [0.4, 0.5) is 11.5 Å². The van der Waals surface area contributed by atoms with E-state index >= 15 is 0 Å². The minimum Gasteiger partial charge on any atom is -0.367 e. The number of nitro groups is 1. The first-order chi connectivity index (χ1) is 9.08. The van der Waals surface area contributed by atoms with Gasteiger partial charge in [-0.1, -0.05) is 19.3 Å². The zero-order chi connectivity index (χ0) is 13.8. The summed E-state index contributed by atoms with van der Waals surface area (Å²) in [4.78, 5) is 14.8. The highest BCUT2D eigenvalue weighted by Gasteiger charge is 2.21. The van der Waals surface area contributed by atoms with Gasteiger partial charge in [0.1, 0.15) is 5.82 Å². The number of rotatable bonds is 4. The van der Waals surface area contributed by atoms with Crippen molar-refractivity contribution >= 4 is 11.5 Å². The van der Waals surface area contributed by atoms with E-state index < -0.39 is 0 Å². The molecule has 0 bridgehead atoms. The van der Waals surface area contributed by atoms with E-state index in [1.807, 2.05) is 0 Å². The van der Waals surface area contributed by atoms with Crippen molar-refractivity contribution in [1.82, 2.24) is 4.98 Å². The highest BCUT2D eigenvalue weighted by Crippen LogP contribution is 2.28. The number of pyridine rings is 1. The van der Waals surface area contributed by atoms with Crippen molar-refractivity contribution in [3.63, 3.8) is 0 Å². The topological polar surface area (TPSA) is 68.1 Å². The van der Waals surface area contributed by atoms with Gasteiger partial charge in [0.25, 0.3) is 5.69 Å². The van der Waals surface area contributed by atoms with E-state index in [0.29, 0.717) is 23.3 Å². The third kappa shape index (κ3) is 3.43. The van der Waals surface area contributed by atoms with E-state index in [-0.39, 0.29) is 10.6 Å². The molecule has 0 saturated heterocycles. The lowest BCUT2D eigenvalue weighted by molar-refractivity contribution is -0.385. The summed E-state index contributed by atoms with van der Waals surface area (Å²) in [7, 11) is 0. The summed E-state index contributed by atoms with van der Waals surface area (Å²) >= 11 is 0. The van der Waals surface area contributed by atoms with Crippen LogP contribution in [-0.2, 0) is 0 Å². The van der Waals surface area contributed by atoms with Crippen LogP contribution in [0.5, 0.6) is 0 Å². The van der Waals surface area contributed by atoms with Crippen molar-refractivity contribution in [3.05, 3.63) is 27.9 Å². The van der Waals surface area contributed by atoms with Crippen LogP contribution in [0, 0.1) is 23.0 Å². The van der Waals surface area contributed by atoms with Gasteiger partial charge in [0.2, 0.25) is 0 Å². The molecule has 1 saturated carbocycles. The van der Waals surface area contributed by atoms with Gasteiger partial charge in [-0.05, 0) is 32.6 Å². The molecule has 1 atom stereocenters. The summed E-state index contributed by atoms with van der Waals surface area (Å²) in [6, 6.07) is 1.85. The summed E-state index contributed by atoms with van der Waals surface area (Å²) < 4.78 is 0. The second-order valence-corrected chi connectivity index (χ2v) is 5.44. The second-order valence-electron chi connectivity index (χ2n) is 5.44. The molecule has 0 radical (unpaired) electrons. The zero-order valence-corrected chi connectivity index (χ0v) is 11.6. The number of aryl methyl sites for hydroxylation is 1. The van der Waals surface area contributed by atoms with E-state index in [0.717, 1.165) is 0 Å². The molecule has 1 heterocycles. The van der Waals surface area contributed by atoms with E-state index in [1.165, 1.54) is 38.2 Å². The van der Waals surface area contributed by atoms with Gasteiger partial charge >= 0.3 is 0 Å². The van der Waals surface area contributed by atoms with E-state index in [4.69, 9.17) is 0 Å². The number of hydrogen-bond acceptors (Lipinski definition) is 4. The fourth-order valence-electron chi connectivity index (χ4n) is 2.77. The average Bonchev–Trinajstić information content (AvgIpc) is 2.41. The summed E-state index contributed by atoms with van der Waals surface area (Å²) in [6.07, 6.45) is 7.95. The predicted molar refractivity (Wildman–Crippen MR) is 75.3 cm³/mol. The first kappa shape index (κ1) is 13.8. The van der Waals surface area contributed by atoms with Crippen molar-refractivity contribution < 1.29 is 4.92 Å². The zero-order valence-electron chi connectivity index (χ0n) is 11.6. The summed E-state index contributed by atoms with van der Waals surface area (Å²) in [5.74, 6) is 1.26. The molecule has 1 aromatic heterocycles. The molecule has 0 aliphatic heterocycles. The number of hydrogen-bond donors (Lipinski definition) is 1. The largest absolute Gasteiger partial charge is 0.367 e. The van der Waals surface area contributed by atoms with Crippen LogP contribution in [0.3, 0.4) is 0 Å². The maximum absolute atomic E-state index is 10.9. The minimum absolute atomic E-state index is 0.133. The molecule has 104 valence electrons. The summed E-state index contributed by atoms with van der Waals surface area (Å²) in [5, 5.41) is 14.2. The van der Waals surface area contributed by atoms with Crippen molar-refractivity contribution in [2.24, 2.45) is 5.92 Å². The van der Waals surface area contributed by atoms with Gasteiger partial charge in [-0.3, -0.25) is 10.1 Å². The Kier molecular flexibility index (Phi) is 4.35. The molecule has 2 rings (SSSR count). The van der Waals surface area contributed by atoms with Crippen LogP contribution in [0.25, 0.3) is 0 Å². The van der Waals surface area contributed by atoms with Crippen LogP contribution >= 0.6 is 0 Å². The molecule has 1 aliphatic rings. The number of aromatic nitrogens is 1. The van der Waals surface area contributed by atoms with Gasteiger partial charge in [-0.15, -0.1) is 0 Å². The molecule has 1 unspecified atom stereocenters. The van der Waals surface area contributed by atoms with Crippen LogP contribution < -0.4 is 5.32 Å². The SMILES string of the molecule is Cc1cnc(NC(C)C2CCCCC2)cc1[N+](=O)[O-]. The lowest BCUT2D eigenvalue weighted by Gasteiger charge is -2.28. The Balaban J connectivity index is 2.05. The normalized spacial score (nSPS) is 18.0. The van der Waals surface area contributed by atoms with Crippen molar-refractivity contribution in [2.45, 2.75) is 52.0 Å². The van der Waals surface area contributed by atoms with Crippen LogP contribution in [0.15, 0.2) is 12.3 Å². The molecule has 19 heavy (non-hydrogen) atoms. The van der Waals surface area contributed by atoms with Crippen molar-refractivity contribution in [1.29, 1.82) is 0 Å². The van der Waals surface area contributed by atoms with E-state index in [1.54, 1.807) is 13.1 Å². The molecule has 1 N–H and O–H groups in total. The Labute approximate surface area is 113 Å². The average molecular weight is 263 g/mol. The lowest BCUT2D eigenvalue weighted by Crippen LogP contribution is -2.28. The fourth-order valence-corrected chi connectivity index (χ4v) is 2.77. The quantitative estimate of drug-likeness (QED) is 0.664. The fraction of sp³-hybridized carbons (Fsp3) is 0.643. The Hall–Kier alpha value is -1.65. The smallest absolute Gasteiger partial charge is 0.277 e. The molecule has 0 spiro atoms. The van der Waals surface area contributed by atoms with Gasteiger partial charge in [0, 0.05) is 17.8 Å². The first-order valence-electron chi connectivity index (χ1n) is 6.95. The molecule has 1 fully saturated rings. The molecule has 0 amide bonds. The van der Waals surface area contributed by atoms with Crippen molar-refractivity contribution in [3.8, 4) is 0 Å². The Morgan fingerprint density at radius 3 is 2.74 bits per heavy atom. The third-order valence-corrected chi connectivity index (χ3v) is 4.00. The number of nitrogens with one attached hydrogen (secondary N) is 1.